The van der Waals surface area contributed by atoms with Crippen molar-refractivity contribution in [3.05, 3.63) is 119 Å². The molecule has 0 aliphatic rings. The lowest BCUT2D eigenvalue weighted by molar-refractivity contribution is 0.0729. The maximum absolute atomic E-state index is 13.2. The molecular weight excluding hydrogens is 504 g/mol. The summed E-state index contributed by atoms with van der Waals surface area (Å²) in [6.45, 7) is 1.94. The third kappa shape index (κ3) is 5.30. The fourth-order valence-electron chi connectivity index (χ4n) is 4.30. The Morgan fingerprint density at radius 2 is 1.73 bits per heavy atom. The summed E-state index contributed by atoms with van der Waals surface area (Å²) >= 11 is 0. The summed E-state index contributed by atoms with van der Waals surface area (Å²) in [5.74, 6) is -0.375. The molecule has 5 aromatic rings. The molecule has 4 aromatic carbocycles. The number of ether oxygens (including phenoxy) is 2. The fraction of sp³-hybridized carbons (Fsp3) is 0.0625. The van der Waals surface area contributed by atoms with Gasteiger partial charge in [0, 0.05) is 10.9 Å². The van der Waals surface area contributed by atoms with Gasteiger partial charge in [-0.25, -0.2) is 10.2 Å². The Kier molecular flexibility index (Phi) is 7.38. The summed E-state index contributed by atoms with van der Waals surface area (Å²) < 4.78 is 10.9. The molecule has 0 fully saturated rings. The van der Waals surface area contributed by atoms with Crippen LogP contribution in [0.25, 0.3) is 22.0 Å². The van der Waals surface area contributed by atoms with E-state index < -0.39 is 11.9 Å². The fourth-order valence-corrected chi connectivity index (χ4v) is 4.30. The van der Waals surface area contributed by atoms with Crippen molar-refractivity contribution in [2.24, 2.45) is 5.10 Å². The second-order valence-corrected chi connectivity index (χ2v) is 8.95. The number of aryl methyl sites for hydroxylation is 1. The van der Waals surface area contributed by atoms with E-state index in [1.54, 1.807) is 42.5 Å². The number of rotatable bonds is 7. The van der Waals surface area contributed by atoms with E-state index in [1.165, 1.54) is 13.3 Å². The molecule has 1 heterocycles. The molecule has 0 unspecified atom stereocenters. The first-order chi connectivity index (χ1) is 19.5. The van der Waals surface area contributed by atoms with Crippen LogP contribution in [0.4, 0.5) is 0 Å². The molecule has 0 saturated heterocycles. The van der Waals surface area contributed by atoms with E-state index in [4.69, 9.17) is 9.47 Å². The number of hydrazone groups is 1. The highest BCUT2D eigenvalue weighted by molar-refractivity contribution is 6.10. The van der Waals surface area contributed by atoms with Gasteiger partial charge >= 0.3 is 5.97 Å². The van der Waals surface area contributed by atoms with Gasteiger partial charge in [-0.15, -0.1) is 0 Å². The van der Waals surface area contributed by atoms with Crippen molar-refractivity contribution in [2.75, 3.05) is 7.11 Å². The largest absolute Gasteiger partial charge is 0.493 e. The molecule has 0 bridgehead atoms. The van der Waals surface area contributed by atoms with Crippen LogP contribution in [0.3, 0.4) is 0 Å². The quantitative estimate of drug-likeness (QED) is 0.116. The van der Waals surface area contributed by atoms with Crippen LogP contribution in [-0.2, 0) is 0 Å². The number of hydrogen-bond acceptors (Lipinski definition) is 6. The number of esters is 1. The van der Waals surface area contributed by atoms with Crippen LogP contribution in [0, 0.1) is 18.3 Å². The topological polar surface area (TPSA) is 117 Å². The minimum atomic E-state index is -0.501. The number of aromatic nitrogens is 1. The molecule has 40 heavy (non-hydrogen) atoms. The summed E-state index contributed by atoms with van der Waals surface area (Å²) in [7, 11) is 1.47. The van der Waals surface area contributed by atoms with Gasteiger partial charge in [0.1, 0.15) is 11.8 Å². The van der Waals surface area contributed by atoms with Crippen LogP contribution in [0.15, 0.2) is 96.1 Å². The number of H-pyrrole nitrogens is 1. The molecule has 8 nitrogen and oxygen atoms in total. The molecule has 0 saturated carbocycles. The molecule has 5 rings (SSSR count). The van der Waals surface area contributed by atoms with E-state index in [-0.39, 0.29) is 11.4 Å². The second-order valence-electron chi connectivity index (χ2n) is 8.95. The van der Waals surface area contributed by atoms with Crippen LogP contribution in [0.5, 0.6) is 11.5 Å². The lowest BCUT2D eigenvalue weighted by Crippen LogP contribution is -2.18. The molecule has 0 aliphatic carbocycles. The molecule has 0 radical (unpaired) electrons. The van der Waals surface area contributed by atoms with E-state index in [2.05, 4.69) is 21.6 Å². The number of benzene rings is 4. The summed E-state index contributed by atoms with van der Waals surface area (Å²) in [6.07, 6.45) is 1.46. The van der Waals surface area contributed by atoms with Crippen molar-refractivity contribution in [1.82, 2.24) is 10.4 Å². The number of carbonyl (C=O) groups excluding carboxylic acids is 2. The van der Waals surface area contributed by atoms with Crippen molar-refractivity contribution in [2.45, 2.75) is 6.92 Å². The summed E-state index contributed by atoms with van der Waals surface area (Å²) in [5, 5.41) is 14.4. The average molecular weight is 529 g/mol. The molecule has 0 spiro atoms. The average Bonchev–Trinajstić information content (AvgIpc) is 3.38. The smallest absolute Gasteiger partial charge is 0.343 e. The van der Waals surface area contributed by atoms with Gasteiger partial charge in [-0.1, -0.05) is 60.2 Å². The van der Waals surface area contributed by atoms with Gasteiger partial charge in [-0.05, 0) is 54.4 Å². The molecule has 8 heteroatoms. The minimum Gasteiger partial charge on any atom is -0.493 e. The zero-order valence-corrected chi connectivity index (χ0v) is 21.8. The SMILES string of the molecule is COc1cc(C=NNC(=O)c2[nH]c3c(C#N)cccc3c2-c2ccccc2)ccc1OC(=O)c1ccc(C)cc1. The zero-order chi connectivity index (χ0) is 28.1. The number of methoxy groups -OCH3 is 1. The lowest BCUT2D eigenvalue weighted by atomic mass is 10.0. The van der Waals surface area contributed by atoms with Crippen LogP contribution >= 0.6 is 0 Å². The molecule has 1 aromatic heterocycles. The predicted octanol–water partition coefficient (Wildman–Crippen LogP) is 6.01. The van der Waals surface area contributed by atoms with E-state index in [1.807, 2.05) is 55.5 Å². The molecular formula is C32H24N4O4. The molecule has 0 aliphatic heterocycles. The van der Waals surface area contributed by atoms with E-state index in [0.717, 1.165) is 16.5 Å². The Morgan fingerprint density at radius 3 is 2.45 bits per heavy atom. The second kappa shape index (κ2) is 11.4. The zero-order valence-electron chi connectivity index (χ0n) is 21.8. The van der Waals surface area contributed by atoms with E-state index >= 15 is 0 Å². The number of amides is 1. The number of aromatic amines is 1. The Labute approximate surface area is 230 Å². The highest BCUT2D eigenvalue weighted by Crippen LogP contribution is 2.34. The first-order valence-corrected chi connectivity index (χ1v) is 12.4. The Balaban J connectivity index is 1.36. The highest BCUT2D eigenvalue weighted by Gasteiger charge is 2.20. The van der Waals surface area contributed by atoms with Gasteiger partial charge in [-0.3, -0.25) is 4.79 Å². The molecule has 196 valence electrons. The number of nitriles is 1. The monoisotopic (exact) mass is 528 g/mol. The summed E-state index contributed by atoms with van der Waals surface area (Å²) in [6, 6.07) is 29.0. The van der Waals surface area contributed by atoms with Gasteiger partial charge < -0.3 is 14.5 Å². The van der Waals surface area contributed by atoms with Crippen molar-refractivity contribution in [3.8, 4) is 28.7 Å². The first-order valence-electron chi connectivity index (χ1n) is 12.4. The van der Waals surface area contributed by atoms with Gasteiger partial charge in [0.25, 0.3) is 5.91 Å². The van der Waals surface area contributed by atoms with Crippen molar-refractivity contribution < 1.29 is 19.1 Å². The standard InChI is InChI=1S/C32H24N4O4/c1-20-11-14-23(15-12-20)32(38)40-26-16-13-21(17-27(26)39-2)19-34-36-31(37)30-28(22-7-4-3-5-8-22)25-10-6-9-24(18-33)29(25)35-30/h3-17,19,35H,1-2H3,(H,36,37). The highest BCUT2D eigenvalue weighted by atomic mass is 16.6. The normalized spacial score (nSPS) is 10.8. The number of nitrogens with zero attached hydrogens (tertiary/aromatic N) is 2. The molecule has 0 atom stereocenters. The summed E-state index contributed by atoms with van der Waals surface area (Å²) in [4.78, 5) is 28.9. The third-order valence-corrected chi connectivity index (χ3v) is 6.30. The number of para-hydroxylation sites is 1. The van der Waals surface area contributed by atoms with Crippen LogP contribution in [-0.4, -0.2) is 30.2 Å². The molecule has 2 N–H and O–H groups in total. The van der Waals surface area contributed by atoms with Gasteiger partial charge in [0.05, 0.1) is 30.0 Å². The Morgan fingerprint density at radius 1 is 0.950 bits per heavy atom. The summed E-state index contributed by atoms with van der Waals surface area (Å²) in [5.41, 5.74) is 7.45. The minimum absolute atomic E-state index is 0.258. The van der Waals surface area contributed by atoms with E-state index in [9.17, 15) is 14.9 Å². The maximum atomic E-state index is 13.2. The Hall–Kier alpha value is -5.68. The first kappa shape index (κ1) is 25.9. The number of hydrogen-bond donors (Lipinski definition) is 2. The number of nitrogens with one attached hydrogen (secondary N) is 2. The maximum Gasteiger partial charge on any atom is 0.343 e. The Bertz CT molecular complexity index is 1780. The third-order valence-electron chi connectivity index (χ3n) is 6.30. The van der Waals surface area contributed by atoms with Crippen molar-refractivity contribution in [3.63, 3.8) is 0 Å². The van der Waals surface area contributed by atoms with Gasteiger partial charge in [-0.2, -0.15) is 10.4 Å². The van der Waals surface area contributed by atoms with Crippen LogP contribution < -0.4 is 14.9 Å². The molecule has 1 amide bonds. The predicted molar refractivity (Wildman–Crippen MR) is 153 cm³/mol. The van der Waals surface area contributed by atoms with Crippen molar-refractivity contribution >= 4 is 29.0 Å². The number of fused-ring (bicyclic) bond motifs is 1. The van der Waals surface area contributed by atoms with Crippen LogP contribution in [0.1, 0.15) is 37.5 Å². The van der Waals surface area contributed by atoms with Crippen LogP contribution in [0.2, 0.25) is 0 Å². The lowest BCUT2D eigenvalue weighted by Gasteiger charge is -2.10. The van der Waals surface area contributed by atoms with E-state index in [0.29, 0.717) is 33.5 Å². The van der Waals surface area contributed by atoms with Gasteiger partial charge in [0.15, 0.2) is 11.5 Å². The van der Waals surface area contributed by atoms with Crippen molar-refractivity contribution in [1.29, 1.82) is 5.26 Å². The number of carbonyl (C=O) groups is 2. The van der Waals surface area contributed by atoms with Gasteiger partial charge in [0.2, 0.25) is 0 Å².